The summed E-state index contributed by atoms with van der Waals surface area (Å²) in [5, 5.41) is 2.72. The Kier molecular flexibility index (Phi) is 10.9. The number of carbonyl (C=O) groups excluding carboxylic acids is 1. The number of ether oxygens (including phenoxy) is 2. The van der Waals surface area contributed by atoms with Gasteiger partial charge in [-0.25, -0.2) is 4.98 Å². The third kappa shape index (κ3) is 8.01. The molecule has 0 aliphatic carbocycles. The van der Waals surface area contributed by atoms with E-state index in [2.05, 4.69) is 24.1 Å². The number of aryl methyl sites for hydroxylation is 1. The van der Waals surface area contributed by atoms with Crippen LogP contribution in [0.4, 0.5) is 18.9 Å². The fraction of sp³-hybridized carbons (Fsp3) is 0.314. The largest absolute Gasteiger partial charge is 0.611 e. The van der Waals surface area contributed by atoms with Gasteiger partial charge in [0.05, 0.1) is 29.8 Å². The lowest BCUT2D eigenvalue weighted by Crippen LogP contribution is -2.16. The Morgan fingerprint density at radius 2 is 1.80 bits per heavy atom. The first-order valence-corrected chi connectivity index (χ1v) is 16.6. The van der Waals surface area contributed by atoms with Crippen LogP contribution in [-0.4, -0.2) is 39.8 Å². The summed E-state index contributed by atoms with van der Waals surface area (Å²) in [6, 6.07) is 15.9. The van der Waals surface area contributed by atoms with Gasteiger partial charge in [0, 0.05) is 24.9 Å². The van der Waals surface area contributed by atoms with Crippen molar-refractivity contribution in [3.8, 4) is 28.1 Å². The zero-order valence-corrected chi connectivity index (χ0v) is 26.5. The van der Waals surface area contributed by atoms with Gasteiger partial charge in [0.1, 0.15) is 18.1 Å². The number of imidazole rings is 1. The van der Waals surface area contributed by atoms with Crippen LogP contribution in [0.5, 0.6) is 5.75 Å². The van der Waals surface area contributed by atoms with Crippen LogP contribution in [0, 0.1) is 0 Å². The van der Waals surface area contributed by atoms with Gasteiger partial charge in [-0.3, -0.25) is 4.79 Å². The highest BCUT2D eigenvalue weighted by atomic mass is 32.2. The van der Waals surface area contributed by atoms with Gasteiger partial charge in [-0.1, -0.05) is 38.5 Å². The van der Waals surface area contributed by atoms with E-state index in [0.29, 0.717) is 58.6 Å². The zero-order valence-electron chi connectivity index (χ0n) is 25.7. The van der Waals surface area contributed by atoms with Gasteiger partial charge in [0.25, 0.3) is 0 Å². The average Bonchev–Trinajstić information content (AvgIpc) is 3.44. The van der Waals surface area contributed by atoms with Crippen LogP contribution < -0.4 is 10.1 Å². The number of nitrogens with zero attached hydrogens (tertiary/aromatic N) is 2. The summed E-state index contributed by atoms with van der Waals surface area (Å²) in [7, 11) is 0. The minimum absolute atomic E-state index is 0.142. The smallest absolute Gasteiger partial charge is 0.416 e. The van der Waals surface area contributed by atoms with Crippen LogP contribution in [0.25, 0.3) is 28.5 Å². The number of rotatable bonds is 13. The van der Waals surface area contributed by atoms with Crippen LogP contribution >= 0.6 is 0 Å². The summed E-state index contributed by atoms with van der Waals surface area (Å²) < 4.78 is 67.8. The van der Waals surface area contributed by atoms with Gasteiger partial charge in [0.2, 0.25) is 5.91 Å². The van der Waals surface area contributed by atoms with Crippen LogP contribution in [0.2, 0.25) is 0 Å². The number of hydrogen-bond acceptors (Lipinski definition) is 5. The summed E-state index contributed by atoms with van der Waals surface area (Å²) in [5.41, 5.74) is 2.95. The second kappa shape index (κ2) is 15.0. The van der Waals surface area contributed by atoms with Crippen molar-refractivity contribution in [3.05, 3.63) is 89.9 Å². The number of unbranched alkanes of at least 4 members (excludes halogenated alkanes) is 1. The number of aromatic nitrogens is 2. The summed E-state index contributed by atoms with van der Waals surface area (Å²) in [6.45, 7) is 6.46. The maximum atomic E-state index is 13.9. The highest BCUT2D eigenvalue weighted by Gasteiger charge is 2.33. The van der Waals surface area contributed by atoms with Crippen LogP contribution in [0.1, 0.15) is 49.9 Å². The Morgan fingerprint density at radius 1 is 1.02 bits per heavy atom. The molecule has 0 unspecified atom stereocenters. The van der Waals surface area contributed by atoms with Crippen molar-refractivity contribution in [3.63, 3.8) is 0 Å². The fourth-order valence-corrected chi connectivity index (χ4v) is 6.54. The molecule has 5 rings (SSSR count). The number of carbonyl (C=O) groups is 1. The standard InChI is InChI=1S/C35H36F3N3O4S/c1-3-5-17-44-18-19-45-28-11-6-24(7-12-28)25-8-13-30(35(36,37)38)26(20-25)9-15-33(42)40-27-10-14-32-29(21-27)34-31(22-46(32)43)41(16-4-2)23-39-34/h6-15,20-21,23H,3-5,16-19,22H2,1-2H3,(H,40,42)/b15-9+/t46-/m0/s1. The lowest BCUT2D eigenvalue weighted by atomic mass is 9.98. The average molecular weight is 652 g/mol. The third-order valence-corrected chi connectivity index (χ3v) is 8.91. The van der Waals surface area contributed by atoms with Crippen LogP contribution in [-0.2, 0) is 39.2 Å². The molecule has 46 heavy (non-hydrogen) atoms. The molecule has 0 bridgehead atoms. The van der Waals surface area contributed by atoms with Gasteiger partial charge >= 0.3 is 6.18 Å². The van der Waals surface area contributed by atoms with Crippen molar-refractivity contribution in [2.45, 2.75) is 56.5 Å². The summed E-state index contributed by atoms with van der Waals surface area (Å²) in [5.74, 6) is 0.391. The van der Waals surface area contributed by atoms with Crippen molar-refractivity contribution in [2.24, 2.45) is 0 Å². The van der Waals surface area contributed by atoms with Gasteiger partial charge < -0.3 is 23.9 Å². The first-order chi connectivity index (χ1) is 22.2. The molecule has 11 heteroatoms. The number of benzene rings is 3. The normalized spacial score (nSPS) is 14.3. The van der Waals surface area contributed by atoms with Crippen molar-refractivity contribution in [2.75, 3.05) is 25.1 Å². The Labute approximate surface area is 269 Å². The van der Waals surface area contributed by atoms with Gasteiger partial charge in [0.15, 0.2) is 10.6 Å². The molecule has 0 saturated carbocycles. The highest BCUT2D eigenvalue weighted by molar-refractivity contribution is 7.90. The van der Waals surface area contributed by atoms with Gasteiger partial charge in [-0.15, -0.1) is 0 Å². The number of hydrogen-bond donors (Lipinski definition) is 1. The molecule has 1 atom stereocenters. The SMILES string of the molecule is CCCCOCCOc1ccc(-c2ccc(C(F)(F)F)c(/C=C/C(=O)Nc3ccc4c(c3)-c3ncn(CCC)c3C[S@+]4[O-])c2)cc1. The molecule has 242 valence electrons. The molecular weight excluding hydrogens is 615 g/mol. The summed E-state index contributed by atoms with van der Waals surface area (Å²) in [4.78, 5) is 18.0. The number of halogens is 3. The number of anilines is 1. The molecule has 0 saturated heterocycles. The molecule has 1 aliphatic rings. The quantitative estimate of drug-likeness (QED) is 0.0897. The van der Waals surface area contributed by atoms with Crippen LogP contribution in [0.3, 0.4) is 0 Å². The topological polar surface area (TPSA) is 88.4 Å². The molecule has 1 amide bonds. The van der Waals surface area contributed by atoms with Gasteiger partial charge in [-0.05, 0) is 89.2 Å². The van der Waals surface area contributed by atoms with E-state index in [0.717, 1.165) is 55.4 Å². The molecule has 1 aliphatic heterocycles. The molecule has 1 N–H and O–H groups in total. The van der Waals surface area contributed by atoms with Crippen LogP contribution in [0.15, 0.2) is 78.0 Å². The van der Waals surface area contributed by atoms with Crippen molar-refractivity contribution >= 4 is 28.8 Å². The van der Waals surface area contributed by atoms with E-state index < -0.39 is 28.8 Å². The highest BCUT2D eigenvalue weighted by Crippen LogP contribution is 2.39. The minimum atomic E-state index is -4.61. The van der Waals surface area contributed by atoms with E-state index in [9.17, 15) is 22.5 Å². The Balaban J connectivity index is 1.30. The predicted octanol–water partition coefficient (Wildman–Crippen LogP) is 8.11. The summed E-state index contributed by atoms with van der Waals surface area (Å²) in [6.07, 6.45) is 2.32. The first-order valence-electron chi connectivity index (χ1n) is 15.3. The molecule has 7 nitrogen and oxygen atoms in total. The van der Waals surface area contributed by atoms with Gasteiger partial charge in [-0.2, -0.15) is 13.2 Å². The Morgan fingerprint density at radius 3 is 2.54 bits per heavy atom. The molecular formula is C35H36F3N3O4S. The molecule has 0 fully saturated rings. The molecule has 2 heterocycles. The maximum absolute atomic E-state index is 13.9. The number of amides is 1. The summed E-state index contributed by atoms with van der Waals surface area (Å²) >= 11 is -1.26. The third-order valence-electron chi connectivity index (χ3n) is 7.52. The van der Waals surface area contributed by atoms with Crippen molar-refractivity contribution in [1.29, 1.82) is 0 Å². The Hall–Kier alpha value is -4.06. The molecule has 3 aromatic carbocycles. The van der Waals surface area contributed by atoms with Crippen molar-refractivity contribution < 1.29 is 32.0 Å². The number of fused-ring (bicyclic) bond motifs is 3. The Bertz CT molecular complexity index is 1690. The van der Waals surface area contributed by atoms with Crippen molar-refractivity contribution in [1.82, 2.24) is 9.55 Å². The fourth-order valence-electron chi connectivity index (χ4n) is 5.21. The van der Waals surface area contributed by atoms with E-state index in [1.54, 1.807) is 48.8 Å². The lowest BCUT2D eigenvalue weighted by molar-refractivity contribution is -0.137. The maximum Gasteiger partial charge on any atom is 0.416 e. The molecule has 4 aromatic rings. The number of alkyl halides is 3. The van der Waals surface area contributed by atoms with E-state index in [1.165, 1.54) is 12.1 Å². The monoisotopic (exact) mass is 651 g/mol. The van der Waals surface area contributed by atoms with E-state index in [-0.39, 0.29) is 5.56 Å². The zero-order chi connectivity index (χ0) is 32.7. The lowest BCUT2D eigenvalue weighted by Gasteiger charge is -2.21. The minimum Gasteiger partial charge on any atom is -0.611 e. The first kappa shape index (κ1) is 33.3. The second-order valence-electron chi connectivity index (χ2n) is 10.9. The second-order valence-corrected chi connectivity index (χ2v) is 12.3. The molecule has 0 spiro atoms. The number of nitrogens with one attached hydrogen (secondary N) is 1. The predicted molar refractivity (Wildman–Crippen MR) is 174 cm³/mol. The molecule has 0 radical (unpaired) electrons. The molecule has 1 aromatic heterocycles. The van der Waals surface area contributed by atoms with E-state index >= 15 is 0 Å². The van der Waals surface area contributed by atoms with E-state index in [1.807, 2.05) is 4.57 Å². The van der Waals surface area contributed by atoms with E-state index in [4.69, 9.17) is 9.47 Å².